The first kappa shape index (κ1) is 11.5. The van der Waals surface area contributed by atoms with E-state index in [2.05, 4.69) is 6.92 Å². The summed E-state index contributed by atoms with van der Waals surface area (Å²) < 4.78 is 12.6. The molecular formula is C11H15FOS. The summed E-state index contributed by atoms with van der Waals surface area (Å²) in [6, 6.07) is 6.29. The summed E-state index contributed by atoms with van der Waals surface area (Å²) in [6.45, 7) is 2.06. The number of aliphatic hydroxyl groups excluding tert-OH is 1. The lowest BCUT2D eigenvalue weighted by Crippen LogP contribution is -2.13. The molecule has 14 heavy (non-hydrogen) atoms. The molecule has 0 aromatic heterocycles. The van der Waals surface area contributed by atoms with E-state index in [4.69, 9.17) is 0 Å². The highest BCUT2D eigenvalue weighted by Gasteiger charge is 2.04. The average Bonchev–Trinajstić information content (AvgIpc) is 2.18. The van der Waals surface area contributed by atoms with E-state index in [9.17, 15) is 9.50 Å². The van der Waals surface area contributed by atoms with Gasteiger partial charge in [0.25, 0.3) is 0 Å². The number of aliphatic hydroxyl groups is 1. The Bertz CT molecular complexity index is 260. The molecule has 0 saturated carbocycles. The van der Waals surface area contributed by atoms with Crippen LogP contribution in [-0.2, 0) is 6.42 Å². The van der Waals surface area contributed by atoms with Gasteiger partial charge in [-0.15, -0.1) is 0 Å². The molecule has 1 N–H and O–H groups in total. The van der Waals surface area contributed by atoms with Gasteiger partial charge >= 0.3 is 0 Å². The maximum absolute atomic E-state index is 12.6. The maximum Gasteiger partial charge on any atom is 0.123 e. The third kappa shape index (κ3) is 4.11. The number of benzene rings is 1. The van der Waals surface area contributed by atoms with Gasteiger partial charge in [0, 0.05) is 5.75 Å². The maximum atomic E-state index is 12.6. The normalized spacial score (nSPS) is 12.8. The van der Waals surface area contributed by atoms with Crippen LogP contribution in [0.2, 0.25) is 0 Å². The van der Waals surface area contributed by atoms with Gasteiger partial charge in [0.05, 0.1) is 6.10 Å². The average molecular weight is 214 g/mol. The van der Waals surface area contributed by atoms with E-state index in [0.29, 0.717) is 6.42 Å². The minimum absolute atomic E-state index is 0.230. The van der Waals surface area contributed by atoms with E-state index in [1.165, 1.54) is 12.1 Å². The van der Waals surface area contributed by atoms with Gasteiger partial charge < -0.3 is 5.11 Å². The third-order valence-electron chi connectivity index (χ3n) is 1.90. The van der Waals surface area contributed by atoms with Crippen molar-refractivity contribution in [3.05, 3.63) is 35.6 Å². The zero-order valence-corrected chi connectivity index (χ0v) is 9.06. The minimum Gasteiger partial charge on any atom is -0.392 e. The molecule has 3 heteroatoms. The van der Waals surface area contributed by atoms with Gasteiger partial charge in [-0.1, -0.05) is 19.1 Å². The summed E-state index contributed by atoms with van der Waals surface area (Å²) in [5, 5.41) is 9.59. The molecule has 0 saturated heterocycles. The summed E-state index contributed by atoms with van der Waals surface area (Å²) in [5.74, 6) is 1.53. The van der Waals surface area contributed by atoms with Crippen LogP contribution in [0.5, 0.6) is 0 Å². The van der Waals surface area contributed by atoms with Crippen LogP contribution >= 0.6 is 11.8 Å². The Morgan fingerprint density at radius 3 is 2.57 bits per heavy atom. The van der Waals surface area contributed by atoms with Gasteiger partial charge in [0.1, 0.15) is 5.82 Å². The summed E-state index contributed by atoms with van der Waals surface area (Å²) in [6.07, 6.45) is 0.276. The van der Waals surface area contributed by atoms with Crippen LogP contribution in [0.1, 0.15) is 12.5 Å². The molecule has 1 nitrogen and oxygen atoms in total. The van der Waals surface area contributed by atoms with Crippen molar-refractivity contribution in [1.82, 2.24) is 0 Å². The lowest BCUT2D eigenvalue weighted by Gasteiger charge is -2.09. The van der Waals surface area contributed by atoms with E-state index in [1.54, 1.807) is 23.9 Å². The van der Waals surface area contributed by atoms with Crippen LogP contribution in [0.4, 0.5) is 4.39 Å². The molecule has 1 aromatic carbocycles. The van der Waals surface area contributed by atoms with Gasteiger partial charge in [-0.25, -0.2) is 4.39 Å². The van der Waals surface area contributed by atoms with Crippen LogP contribution in [-0.4, -0.2) is 22.7 Å². The van der Waals surface area contributed by atoms with Crippen molar-refractivity contribution in [2.24, 2.45) is 0 Å². The molecular weight excluding hydrogens is 199 g/mol. The molecule has 1 unspecified atom stereocenters. The molecule has 1 atom stereocenters. The number of hydrogen-bond acceptors (Lipinski definition) is 2. The fourth-order valence-corrected chi connectivity index (χ4v) is 1.83. The zero-order valence-electron chi connectivity index (χ0n) is 8.24. The van der Waals surface area contributed by atoms with Gasteiger partial charge in [-0.05, 0) is 29.9 Å². The van der Waals surface area contributed by atoms with Crippen molar-refractivity contribution in [2.45, 2.75) is 19.4 Å². The molecule has 0 aliphatic rings. The van der Waals surface area contributed by atoms with Crippen molar-refractivity contribution in [3.8, 4) is 0 Å². The van der Waals surface area contributed by atoms with Crippen LogP contribution in [0, 0.1) is 5.82 Å². The summed E-state index contributed by atoms with van der Waals surface area (Å²) >= 11 is 1.71. The Balaban J connectivity index is 2.39. The second-order valence-electron chi connectivity index (χ2n) is 3.14. The first-order chi connectivity index (χ1) is 6.72. The molecule has 0 fully saturated rings. The van der Waals surface area contributed by atoms with Crippen molar-refractivity contribution in [3.63, 3.8) is 0 Å². The Morgan fingerprint density at radius 2 is 2.00 bits per heavy atom. The molecule has 0 aliphatic heterocycles. The van der Waals surface area contributed by atoms with Crippen LogP contribution < -0.4 is 0 Å². The zero-order chi connectivity index (χ0) is 10.4. The van der Waals surface area contributed by atoms with E-state index >= 15 is 0 Å². The van der Waals surface area contributed by atoms with Crippen molar-refractivity contribution >= 4 is 11.8 Å². The summed E-state index contributed by atoms with van der Waals surface area (Å²) in [7, 11) is 0. The Labute approximate surface area is 88.3 Å². The Hall–Kier alpha value is -0.540. The number of halogens is 1. The Morgan fingerprint density at radius 1 is 1.36 bits per heavy atom. The first-order valence-electron chi connectivity index (χ1n) is 4.72. The SMILES string of the molecule is CCSCC(O)Cc1ccc(F)cc1. The van der Waals surface area contributed by atoms with E-state index < -0.39 is 0 Å². The first-order valence-corrected chi connectivity index (χ1v) is 5.88. The van der Waals surface area contributed by atoms with Crippen molar-refractivity contribution < 1.29 is 9.50 Å². The monoisotopic (exact) mass is 214 g/mol. The molecule has 1 aromatic rings. The molecule has 0 amide bonds. The summed E-state index contributed by atoms with van der Waals surface area (Å²) in [5.41, 5.74) is 0.982. The molecule has 0 radical (unpaired) electrons. The van der Waals surface area contributed by atoms with Crippen molar-refractivity contribution in [2.75, 3.05) is 11.5 Å². The predicted octanol–water partition coefficient (Wildman–Crippen LogP) is 2.48. The number of thioether (sulfide) groups is 1. The number of rotatable bonds is 5. The van der Waals surface area contributed by atoms with E-state index in [-0.39, 0.29) is 11.9 Å². The second-order valence-corrected chi connectivity index (χ2v) is 4.46. The minimum atomic E-state index is -0.328. The third-order valence-corrected chi connectivity index (χ3v) is 2.93. The molecule has 0 heterocycles. The predicted molar refractivity (Wildman–Crippen MR) is 59.1 cm³/mol. The Kier molecular flexibility index (Phi) is 4.98. The van der Waals surface area contributed by atoms with Crippen LogP contribution in [0.25, 0.3) is 0 Å². The molecule has 1 rings (SSSR count). The smallest absolute Gasteiger partial charge is 0.123 e. The molecule has 0 bridgehead atoms. The van der Waals surface area contributed by atoms with Gasteiger partial charge in [0.15, 0.2) is 0 Å². The number of hydrogen-bond donors (Lipinski definition) is 1. The highest BCUT2D eigenvalue weighted by Crippen LogP contribution is 2.09. The lowest BCUT2D eigenvalue weighted by molar-refractivity contribution is 0.200. The van der Waals surface area contributed by atoms with Crippen LogP contribution in [0.15, 0.2) is 24.3 Å². The van der Waals surface area contributed by atoms with Gasteiger partial charge in [-0.2, -0.15) is 11.8 Å². The highest BCUT2D eigenvalue weighted by atomic mass is 32.2. The fraction of sp³-hybridized carbons (Fsp3) is 0.455. The molecule has 78 valence electrons. The van der Waals surface area contributed by atoms with Crippen LogP contribution in [0.3, 0.4) is 0 Å². The van der Waals surface area contributed by atoms with Crippen molar-refractivity contribution in [1.29, 1.82) is 0 Å². The molecule has 0 aliphatic carbocycles. The van der Waals surface area contributed by atoms with Gasteiger partial charge in [-0.3, -0.25) is 0 Å². The highest BCUT2D eigenvalue weighted by molar-refractivity contribution is 7.99. The standard InChI is InChI=1S/C11H15FOS/c1-2-14-8-11(13)7-9-3-5-10(12)6-4-9/h3-6,11,13H,2,7-8H2,1H3. The topological polar surface area (TPSA) is 20.2 Å². The quantitative estimate of drug-likeness (QED) is 0.812. The lowest BCUT2D eigenvalue weighted by atomic mass is 10.1. The van der Waals surface area contributed by atoms with E-state index in [0.717, 1.165) is 17.1 Å². The summed E-state index contributed by atoms with van der Waals surface area (Å²) in [4.78, 5) is 0. The van der Waals surface area contributed by atoms with Gasteiger partial charge in [0.2, 0.25) is 0 Å². The second kappa shape index (κ2) is 6.04. The van der Waals surface area contributed by atoms with E-state index in [1.807, 2.05) is 0 Å². The largest absolute Gasteiger partial charge is 0.392 e. The molecule has 0 spiro atoms. The fourth-order valence-electron chi connectivity index (χ4n) is 1.21.